The molecule has 74 valence electrons. The first-order valence-corrected chi connectivity index (χ1v) is 6.40. The third-order valence-electron chi connectivity index (χ3n) is 1.02. The van der Waals surface area contributed by atoms with Gasteiger partial charge in [0.15, 0.2) is 0 Å². The van der Waals surface area contributed by atoms with E-state index in [-0.39, 0.29) is 10.8 Å². The van der Waals surface area contributed by atoms with Crippen molar-refractivity contribution in [2.24, 2.45) is 0 Å². The van der Waals surface area contributed by atoms with Crippen LogP contribution in [-0.4, -0.2) is 32.3 Å². The van der Waals surface area contributed by atoms with Gasteiger partial charge in [-0.2, -0.15) is 0 Å². The monoisotopic (exact) mass is 259 g/mol. The predicted octanol–water partition coefficient (Wildman–Crippen LogP) is 0.683. The SMILES string of the molecule is CC(C)OCCNS(=O)(=O)CBr. The molecule has 0 aliphatic heterocycles. The van der Waals surface area contributed by atoms with Crippen LogP contribution in [0, 0.1) is 0 Å². The summed E-state index contributed by atoms with van der Waals surface area (Å²) in [6, 6.07) is 0. The van der Waals surface area contributed by atoms with Gasteiger partial charge in [-0.25, -0.2) is 13.1 Å². The van der Waals surface area contributed by atoms with E-state index in [1.165, 1.54) is 0 Å². The number of nitrogens with one attached hydrogen (secondary N) is 1. The molecule has 0 aromatic carbocycles. The van der Waals surface area contributed by atoms with Gasteiger partial charge in [0.25, 0.3) is 0 Å². The number of halogens is 1. The molecule has 0 saturated carbocycles. The fraction of sp³-hybridized carbons (Fsp3) is 1.00. The number of ether oxygens (including phenoxy) is 1. The summed E-state index contributed by atoms with van der Waals surface area (Å²) in [4.78, 5) is 0. The summed E-state index contributed by atoms with van der Waals surface area (Å²) < 4.78 is 29.1. The molecule has 0 saturated heterocycles. The van der Waals surface area contributed by atoms with E-state index in [1.807, 2.05) is 13.8 Å². The number of hydrogen-bond donors (Lipinski definition) is 1. The second-order valence-electron chi connectivity index (χ2n) is 2.54. The average molecular weight is 260 g/mol. The lowest BCUT2D eigenvalue weighted by atomic mass is 10.5. The highest BCUT2D eigenvalue weighted by Gasteiger charge is 2.05. The maximum absolute atomic E-state index is 10.8. The summed E-state index contributed by atoms with van der Waals surface area (Å²) in [5, 5.41) is 0. The van der Waals surface area contributed by atoms with Crippen LogP contribution in [-0.2, 0) is 14.8 Å². The van der Waals surface area contributed by atoms with E-state index in [1.54, 1.807) is 0 Å². The summed E-state index contributed by atoms with van der Waals surface area (Å²) in [7, 11) is -3.13. The van der Waals surface area contributed by atoms with Gasteiger partial charge in [-0.1, -0.05) is 15.9 Å². The Hall–Kier alpha value is 0.350. The third-order valence-corrected chi connectivity index (χ3v) is 3.76. The lowest BCUT2D eigenvalue weighted by Crippen LogP contribution is -2.28. The summed E-state index contributed by atoms with van der Waals surface area (Å²) in [6.45, 7) is 4.54. The summed E-state index contributed by atoms with van der Waals surface area (Å²) >= 11 is 2.86. The molecule has 12 heavy (non-hydrogen) atoms. The largest absolute Gasteiger partial charge is 0.377 e. The second-order valence-corrected chi connectivity index (χ2v) is 5.65. The smallest absolute Gasteiger partial charge is 0.221 e. The number of sulfonamides is 1. The lowest BCUT2D eigenvalue weighted by molar-refractivity contribution is 0.0834. The molecule has 0 aromatic rings. The average Bonchev–Trinajstić information content (AvgIpc) is 1.98. The Morgan fingerprint density at radius 3 is 2.50 bits per heavy atom. The summed E-state index contributed by atoms with van der Waals surface area (Å²) in [6.07, 6.45) is 0.137. The van der Waals surface area contributed by atoms with E-state index in [0.29, 0.717) is 13.2 Å². The van der Waals surface area contributed by atoms with Crippen LogP contribution < -0.4 is 4.72 Å². The van der Waals surface area contributed by atoms with Gasteiger partial charge >= 0.3 is 0 Å². The molecule has 0 fully saturated rings. The van der Waals surface area contributed by atoms with E-state index >= 15 is 0 Å². The van der Waals surface area contributed by atoms with Crippen molar-refractivity contribution in [1.82, 2.24) is 4.72 Å². The lowest BCUT2D eigenvalue weighted by Gasteiger charge is -2.07. The van der Waals surface area contributed by atoms with Crippen LogP contribution in [0.2, 0.25) is 0 Å². The minimum Gasteiger partial charge on any atom is -0.377 e. The quantitative estimate of drug-likeness (QED) is 0.564. The highest BCUT2D eigenvalue weighted by atomic mass is 79.9. The number of rotatable bonds is 6. The Labute approximate surface area is 81.9 Å². The Morgan fingerprint density at radius 2 is 2.08 bits per heavy atom. The zero-order chi connectivity index (χ0) is 9.61. The standard InChI is InChI=1S/C6H14BrNO3S/c1-6(2)11-4-3-8-12(9,10)5-7/h6,8H,3-5H2,1-2H3. The maximum atomic E-state index is 10.8. The van der Waals surface area contributed by atoms with Crippen molar-refractivity contribution < 1.29 is 13.2 Å². The van der Waals surface area contributed by atoms with Crippen molar-refractivity contribution in [3.63, 3.8) is 0 Å². The van der Waals surface area contributed by atoms with Crippen molar-refractivity contribution in [2.45, 2.75) is 20.0 Å². The third kappa shape index (κ3) is 7.02. The van der Waals surface area contributed by atoms with Crippen LogP contribution in [0.4, 0.5) is 0 Å². The fourth-order valence-corrected chi connectivity index (χ4v) is 1.49. The van der Waals surface area contributed by atoms with Gasteiger partial charge in [0.2, 0.25) is 10.0 Å². The molecule has 0 aliphatic carbocycles. The van der Waals surface area contributed by atoms with Gasteiger partial charge < -0.3 is 4.74 Å². The Balaban J connectivity index is 3.45. The van der Waals surface area contributed by atoms with E-state index in [9.17, 15) is 8.42 Å². The van der Waals surface area contributed by atoms with Crippen LogP contribution in [0.3, 0.4) is 0 Å². The molecule has 0 spiro atoms. The Bertz CT molecular complexity index is 203. The van der Waals surface area contributed by atoms with Crippen LogP contribution in [0.1, 0.15) is 13.8 Å². The Kier molecular flexibility index (Phi) is 6.08. The first kappa shape index (κ1) is 12.3. The molecule has 4 nitrogen and oxygen atoms in total. The van der Waals surface area contributed by atoms with Crippen LogP contribution in [0.5, 0.6) is 0 Å². The van der Waals surface area contributed by atoms with Crippen molar-refractivity contribution in [3.05, 3.63) is 0 Å². The molecule has 0 heterocycles. The van der Waals surface area contributed by atoms with Gasteiger partial charge in [-0.05, 0) is 13.8 Å². The van der Waals surface area contributed by atoms with Gasteiger partial charge in [0.1, 0.15) is 4.66 Å². The molecule has 0 aliphatic rings. The molecule has 0 atom stereocenters. The molecule has 0 unspecified atom stereocenters. The van der Waals surface area contributed by atoms with Gasteiger partial charge in [0, 0.05) is 6.54 Å². The van der Waals surface area contributed by atoms with E-state index < -0.39 is 10.0 Å². The summed E-state index contributed by atoms with van der Waals surface area (Å²) in [5.41, 5.74) is 0. The van der Waals surface area contributed by atoms with Crippen molar-refractivity contribution in [1.29, 1.82) is 0 Å². The topological polar surface area (TPSA) is 55.4 Å². The van der Waals surface area contributed by atoms with Crippen molar-refractivity contribution in [2.75, 3.05) is 17.8 Å². The molecule has 0 aromatic heterocycles. The Morgan fingerprint density at radius 1 is 1.50 bits per heavy atom. The molecular formula is C6H14BrNO3S. The van der Waals surface area contributed by atoms with Crippen LogP contribution in [0.15, 0.2) is 0 Å². The maximum Gasteiger partial charge on any atom is 0.221 e. The normalized spacial score (nSPS) is 12.3. The second kappa shape index (κ2) is 5.90. The predicted molar refractivity (Wildman–Crippen MR) is 51.8 cm³/mol. The zero-order valence-corrected chi connectivity index (χ0v) is 9.61. The van der Waals surface area contributed by atoms with Crippen molar-refractivity contribution >= 4 is 26.0 Å². The molecular weight excluding hydrogens is 246 g/mol. The minimum absolute atomic E-state index is 0.0678. The van der Waals surface area contributed by atoms with E-state index in [4.69, 9.17) is 4.74 Å². The number of alkyl halides is 1. The van der Waals surface area contributed by atoms with Crippen LogP contribution >= 0.6 is 15.9 Å². The molecule has 1 N–H and O–H groups in total. The first-order valence-electron chi connectivity index (χ1n) is 3.63. The van der Waals surface area contributed by atoms with Gasteiger partial charge in [0.05, 0.1) is 12.7 Å². The van der Waals surface area contributed by atoms with Gasteiger partial charge in [-0.3, -0.25) is 0 Å². The van der Waals surface area contributed by atoms with Gasteiger partial charge in [-0.15, -0.1) is 0 Å². The van der Waals surface area contributed by atoms with E-state index in [0.717, 1.165) is 0 Å². The highest BCUT2D eigenvalue weighted by Crippen LogP contribution is 1.90. The fourth-order valence-electron chi connectivity index (χ4n) is 0.530. The number of hydrogen-bond acceptors (Lipinski definition) is 3. The molecule has 0 radical (unpaired) electrons. The molecule has 6 heteroatoms. The molecule has 0 rings (SSSR count). The zero-order valence-electron chi connectivity index (χ0n) is 7.21. The van der Waals surface area contributed by atoms with E-state index in [2.05, 4.69) is 20.7 Å². The highest BCUT2D eigenvalue weighted by molar-refractivity contribution is 9.10. The first-order chi connectivity index (χ1) is 5.48. The summed E-state index contributed by atoms with van der Waals surface area (Å²) in [5.74, 6) is 0. The van der Waals surface area contributed by atoms with Crippen molar-refractivity contribution in [3.8, 4) is 0 Å². The molecule has 0 bridgehead atoms. The molecule has 0 amide bonds. The minimum atomic E-state index is -3.13. The van der Waals surface area contributed by atoms with Crippen LogP contribution in [0.25, 0.3) is 0 Å².